The maximum absolute atomic E-state index is 11.2. The van der Waals surface area contributed by atoms with E-state index in [9.17, 15) is 4.79 Å². The first-order valence-corrected chi connectivity index (χ1v) is 3.78. The molecule has 1 heterocycles. The highest BCUT2D eigenvalue weighted by atomic mass is 16.2. The SMILES string of the molecule is Cc1cn(CC(=O)N(C)C)cn1. The molecule has 0 unspecified atom stereocenters. The first-order chi connectivity index (χ1) is 5.59. The van der Waals surface area contributed by atoms with Gasteiger partial charge in [0.25, 0.3) is 0 Å². The molecule has 1 amide bonds. The smallest absolute Gasteiger partial charge is 0.242 e. The van der Waals surface area contributed by atoms with E-state index in [1.54, 1.807) is 29.9 Å². The van der Waals surface area contributed by atoms with Crippen LogP contribution in [0.3, 0.4) is 0 Å². The number of carbonyl (C=O) groups excluding carboxylic acids is 1. The Morgan fingerprint density at radius 1 is 1.67 bits per heavy atom. The van der Waals surface area contributed by atoms with Gasteiger partial charge in [-0.1, -0.05) is 0 Å². The molecule has 1 rings (SSSR count). The van der Waals surface area contributed by atoms with Gasteiger partial charge in [0.05, 0.1) is 12.0 Å². The van der Waals surface area contributed by atoms with Crippen LogP contribution in [0.2, 0.25) is 0 Å². The summed E-state index contributed by atoms with van der Waals surface area (Å²) in [5, 5.41) is 0. The van der Waals surface area contributed by atoms with E-state index in [1.807, 2.05) is 13.1 Å². The third-order valence-corrected chi connectivity index (χ3v) is 1.58. The third kappa shape index (κ3) is 2.08. The van der Waals surface area contributed by atoms with E-state index < -0.39 is 0 Å². The van der Waals surface area contributed by atoms with Crippen LogP contribution in [0.4, 0.5) is 0 Å². The first-order valence-electron chi connectivity index (χ1n) is 3.78. The van der Waals surface area contributed by atoms with Crippen molar-refractivity contribution >= 4 is 5.91 Å². The second kappa shape index (κ2) is 3.38. The molecule has 0 aliphatic carbocycles. The second-order valence-electron chi connectivity index (χ2n) is 2.98. The summed E-state index contributed by atoms with van der Waals surface area (Å²) < 4.78 is 1.78. The van der Waals surface area contributed by atoms with Gasteiger partial charge in [0.15, 0.2) is 0 Å². The minimum Gasteiger partial charge on any atom is -0.347 e. The standard InChI is InChI=1S/C8H13N3O/c1-7-4-11(6-9-7)5-8(12)10(2)3/h4,6H,5H2,1-3H3. The van der Waals surface area contributed by atoms with Gasteiger partial charge >= 0.3 is 0 Å². The number of rotatable bonds is 2. The predicted molar refractivity (Wildman–Crippen MR) is 45.7 cm³/mol. The van der Waals surface area contributed by atoms with E-state index in [0.29, 0.717) is 6.54 Å². The van der Waals surface area contributed by atoms with Crippen LogP contribution < -0.4 is 0 Å². The molecule has 0 bridgehead atoms. The van der Waals surface area contributed by atoms with E-state index >= 15 is 0 Å². The average molecular weight is 167 g/mol. The first kappa shape index (κ1) is 8.77. The topological polar surface area (TPSA) is 38.1 Å². The van der Waals surface area contributed by atoms with E-state index in [4.69, 9.17) is 0 Å². The molecule has 0 fully saturated rings. The largest absolute Gasteiger partial charge is 0.347 e. The Morgan fingerprint density at radius 2 is 2.33 bits per heavy atom. The van der Waals surface area contributed by atoms with Crippen LogP contribution in [-0.2, 0) is 11.3 Å². The summed E-state index contributed by atoms with van der Waals surface area (Å²) >= 11 is 0. The number of nitrogens with zero attached hydrogens (tertiary/aromatic N) is 3. The van der Waals surface area contributed by atoms with Crippen molar-refractivity contribution in [2.24, 2.45) is 0 Å². The minimum atomic E-state index is 0.0763. The molecule has 4 nitrogen and oxygen atoms in total. The molecule has 4 heteroatoms. The van der Waals surface area contributed by atoms with Crippen molar-refractivity contribution in [2.75, 3.05) is 14.1 Å². The molecular formula is C8H13N3O. The van der Waals surface area contributed by atoms with Crippen molar-refractivity contribution in [3.63, 3.8) is 0 Å². The molecule has 1 aromatic rings. The number of imidazole rings is 1. The molecule has 0 saturated carbocycles. The van der Waals surface area contributed by atoms with Crippen LogP contribution in [0, 0.1) is 6.92 Å². The van der Waals surface area contributed by atoms with Gasteiger partial charge in [-0.2, -0.15) is 0 Å². The number of aryl methyl sites for hydroxylation is 1. The third-order valence-electron chi connectivity index (χ3n) is 1.58. The zero-order valence-electron chi connectivity index (χ0n) is 7.61. The predicted octanol–water partition coefficient (Wildman–Crippen LogP) is 0.280. The number of aromatic nitrogens is 2. The summed E-state index contributed by atoms with van der Waals surface area (Å²) in [4.78, 5) is 16.8. The van der Waals surface area contributed by atoms with Crippen molar-refractivity contribution in [3.8, 4) is 0 Å². The molecule has 0 aromatic carbocycles. The van der Waals surface area contributed by atoms with E-state index in [-0.39, 0.29) is 5.91 Å². The van der Waals surface area contributed by atoms with Gasteiger partial charge in [-0.05, 0) is 6.92 Å². The molecular weight excluding hydrogens is 154 g/mol. The van der Waals surface area contributed by atoms with E-state index in [0.717, 1.165) is 5.69 Å². The zero-order chi connectivity index (χ0) is 9.14. The summed E-state index contributed by atoms with van der Waals surface area (Å²) in [6.45, 7) is 2.27. The summed E-state index contributed by atoms with van der Waals surface area (Å²) in [6, 6.07) is 0. The molecule has 1 aromatic heterocycles. The molecule has 0 aliphatic rings. The molecule has 0 saturated heterocycles. The zero-order valence-corrected chi connectivity index (χ0v) is 7.61. The van der Waals surface area contributed by atoms with Gasteiger partial charge in [-0.3, -0.25) is 4.79 Å². The summed E-state index contributed by atoms with van der Waals surface area (Å²) in [5.41, 5.74) is 0.932. The molecule has 0 aliphatic heterocycles. The number of hydrogen-bond donors (Lipinski definition) is 0. The van der Waals surface area contributed by atoms with Crippen molar-refractivity contribution in [2.45, 2.75) is 13.5 Å². The van der Waals surface area contributed by atoms with Gasteiger partial charge in [0.2, 0.25) is 5.91 Å². The summed E-state index contributed by atoms with van der Waals surface area (Å²) in [6.07, 6.45) is 3.51. The molecule has 66 valence electrons. The van der Waals surface area contributed by atoms with Crippen LogP contribution in [0.5, 0.6) is 0 Å². The van der Waals surface area contributed by atoms with Crippen molar-refractivity contribution in [3.05, 3.63) is 18.2 Å². The van der Waals surface area contributed by atoms with Gasteiger partial charge in [0.1, 0.15) is 6.54 Å². The Morgan fingerprint density at radius 3 is 2.75 bits per heavy atom. The fraction of sp³-hybridized carbons (Fsp3) is 0.500. The van der Waals surface area contributed by atoms with Crippen LogP contribution >= 0.6 is 0 Å². The lowest BCUT2D eigenvalue weighted by molar-refractivity contribution is -0.129. The summed E-state index contributed by atoms with van der Waals surface area (Å²) in [5.74, 6) is 0.0763. The van der Waals surface area contributed by atoms with Crippen LogP contribution in [0.25, 0.3) is 0 Å². The van der Waals surface area contributed by atoms with Gasteiger partial charge in [-0.25, -0.2) is 4.98 Å². The fourth-order valence-corrected chi connectivity index (χ4v) is 0.856. The lowest BCUT2D eigenvalue weighted by Gasteiger charge is -2.09. The summed E-state index contributed by atoms with van der Waals surface area (Å²) in [7, 11) is 3.48. The Balaban J connectivity index is 2.58. The van der Waals surface area contributed by atoms with Crippen molar-refractivity contribution < 1.29 is 4.79 Å². The number of amides is 1. The Labute approximate surface area is 71.8 Å². The lowest BCUT2D eigenvalue weighted by Crippen LogP contribution is -2.25. The highest BCUT2D eigenvalue weighted by Gasteiger charge is 2.04. The van der Waals surface area contributed by atoms with Crippen LogP contribution in [0.1, 0.15) is 5.69 Å². The Kier molecular flexibility index (Phi) is 2.47. The molecule has 12 heavy (non-hydrogen) atoms. The highest BCUT2D eigenvalue weighted by Crippen LogP contribution is 1.94. The minimum absolute atomic E-state index is 0.0763. The van der Waals surface area contributed by atoms with Crippen molar-refractivity contribution in [1.82, 2.24) is 14.5 Å². The van der Waals surface area contributed by atoms with E-state index in [1.165, 1.54) is 0 Å². The Hall–Kier alpha value is -1.32. The molecule has 0 spiro atoms. The number of likely N-dealkylation sites (N-methyl/N-ethyl adjacent to an activating group) is 1. The normalized spacial score (nSPS) is 9.92. The highest BCUT2D eigenvalue weighted by molar-refractivity contribution is 5.75. The average Bonchev–Trinajstić information content (AvgIpc) is 2.35. The Bertz CT molecular complexity index is 278. The molecule has 0 atom stereocenters. The maximum Gasteiger partial charge on any atom is 0.242 e. The quantitative estimate of drug-likeness (QED) is 0.634. The van der Waals surface area contributed by atoms with Gasteiger partial charge in [0, 0.05) is 20.3 Å². The van der Waals surface area contributed by atoms with E-state index in [2.05, 4.69) is 4.98 Å². The van der Waals surface area contributed by atoms with Gasteiger partial charge in [-0.15, -0.1) is 0 Å². The van der Waals surface area contributed by atoms with Gasteiger partial charge < -0.3 is 9.47 Å². The van der Waals surface area contributed by atoms with Crippen LogP contribution in [-0.4, -0.2) is 34.5 Å². The number of carbonyl (C=O) groups is 1. The maximum atomic E-state index is 11.2. The monoisotopic (exact) mass is 167 g/mol. The molecule has 0 N–H and O–H groups in total. The van der Waals surface area contributed by atoms with Crippen molar-refractivity contribution in [1.29, 1.82) is 0 Å². The second-order valence-corrected chi connectivity index (χ2v) is 2.98. The lowest BCUT2D eigenvalue weighted by atomic mass is 10.5. The van der Waals surface area contributed by atoms with Crippen LogP contribution in [0.15, 0.2) is 12.5 Å². The fourth-order valence-electron chi connectivity index (χ4n) is 0.856. The number of hydrogen-bond acceptors (Lipinski definition) is 2. The molecule has 0 radical (unpaired) electrons.